The number of rotatable bonds is 3. The third-order valence-corrected chi connectivity index (χ3v) is 5.69. The van der Waals surface area contributed by atoms with Crippen LogP contribution in [0.2, 0.25) is 0 Å². The molecule has 0 bridgehead atoms. The Labute approximate surface area is 153 Å². The number of nitrogens with zero attached hydrogens (tertiary/aromatic N) is 3. The first-order chi connectivity index (χ1) is 12.5. The first kappa shape index (κ1) is 17.0. The molecular weight excluding hydrogens is 324 g/mol. The van der Waals surface area contributed by atoms with Crippen LogP contribution >= 0.6 is 0 Å². The minimum absolute atomic E-state index is 0.167. The lowest BCUT2D eigenvalue weighted by atomic mass is 9.87. The Bertz CT molecular complexity index is 897. The highest BCUT2D eigenvalue weighted by Gasteiger charge is 2.42. The normalized spacial score (nSPS) is 24.3. The minimum atomic E-state index is -0.254. The summed E-state index contributed by atoms with van der Waals surface area (Å²) in [7, 11) is 0. The average molecular weight is 348 g/mol. The summed E-state index contributed by atoms with van der Waals surface area (Å²) in [6.45, 7) is 3.67. The summed E-state index contributed by atoms with van der Waals surface area (Å²) in [5, 5.41) is 10.3. The number of benzene rings is 1. The van der Waals surface area contributed by atoms with Gasteiger partial charge in [0.05, 0.1) is 11.1 Å². The van der Waals surface area contributed by atoms with E-state index >= 15 is 0 Å². The summed E-state index contributed by atoms with van der Waals surface area (Å²) in [6, 6.07) is 12.0. The van der Waals surface area contributed by atoms with E-state index in [4.69, 9.17) is 10.7 Å². The Morgan fingerprint density at radius 2 is 2.15 bits per heavy atom. The van der Waals surface area contributed by atoms with Crippen LogP contribution in [0.1, 0.15) is 49.8 Å². The number of hydrogen-bond acceptors (Lipinski definition) is 4. The molecule has 1 aliphatic heterocycles. The summed E-state index contributed by atoms with van der Waals surface area (Å²) in [5.41, 5.74) is 8.20. The highest BCUT2D eigenvalue weighted by Crippen LogP contribution is 2.37. The van der Waals surface area contributed by atoms with Crippen LogP contribution in [0.15, 0.2) is 30.3 Å². The van der Waals surface area contributed by atoms with Gasteiger partial charge in [0, 0.05) is 42.0 Å². The van der Waals surface area contributed by atoms with Crippen LogP contribution < -0.4 is 5.73 Å². The maximum Gasteiger partial charge on any atom is 0.224 e. The van der Waals surface area contributed by atoms with Gasteiger partial charge in [0.2, 0.25) is 5.91 Å². The van der Waals surface area contributed by atoms with Gasteiger partial charge < -0.3 is 10.6 Å². The van der Waals surface area contributed by atoms with E-state index in [-0.39, 0.29) is 17.4 Å². The Morgan fingerprint density at radius 3 is 2.88 bits per heavy atom. The van der Waals surface area contributed by atoms with Crippen molar-refractivity contribution in [1.82, 2.24) is 9.88 Å². The molecular formula is C21H24N4O. The number of amides is 1. The molecule has 1 saturated heterocycles. The zero-order chi connectivity index (χ0) is 18.3. The summed E-state index contributed by atoms with van der Waals surface area (Å²) >= 11 is 0. The van der Waals surface area contributed by atoms with Crippen molar-refractivity contribution in [2.24, 2.45) is 11.7 Å². The number of fused-ring (bicyclic) bond motifs is 1. The zero-order valence-corrected chi connectivity index (χ0v) is 15.1. The van der Waals surface area contributed by atoms with E-state index in [1.165, 1.54) is 0 Å². The maximum absolute atomic E-state index is 12.7. The molecule has 1 saturated carbocycles. The van der Waals surface area contributed by atoms with E-state index in [0.29, 0.717) is 24.4 Å². The predicted molar refractivity (Wildman–Crippen MR) is 100 cm³/mol. The van der Waals surface area contributed by atoms with E-state index in [0.717, 1.165) is 42.4 Å². The van der Waals surface area contributed by atoms with Crippen molar-refractivity contribution >= 4 is 16.8 Å². The van der Waals surface area contributed by atoms with Crippen LogP contribution in [0.5, 0.6) is 0 Å². The second kappa shape index (κ2) is 6.37. The SMILES string of the molecule is C[C@@H]1C[C@H](c2ccc3cccc(C#N)c3n2)CN(C(=O)CC2(N)CC2)C1. The van der Waals surface area contributed by atoms with E-state index in [2.05, 4.69) is 13.0 Å². The Morgan fingerprint density at radius 1 is 1.35 bits per heavy atom. The highest BCUT2D eigenvalue weighted by atomic mass is 16.2. The molecule has 2 atom stereocenters. The highest BCUT2D eigenvalue weighted by molar-refractivity contribution is 5.84. The first-order valence-electron chi connectivity index (χ1n) is 9.34. The van der Waals surface area contributed by atoms with E-state index in [9.17, 15) is 10.1 Å². The van der Waals surface area contributed by atoms with Crippen molar-refractivity contribution in [1.29, 1.82) is 5.26 Å². The third-order valence-electron chi connectivity index (χ3n) is 5.69. The Balaban J connectivity index is 1.59. The van der Waals surface area contributed by atoms with Crippen LogP contribution in [0.3, 0.4) is 0 Å². The first-order valence-corrected chi connectivity index (χ1v) is 9.34. The number of aromatic nitrogens is 1. The number of carbonyl (C=O) groups is 1. The van der Waals surface area contributed by atoms with Crippen LogP contribution in [0.25, 0.3) is 10.9 Å². The molecule has 1 aromatic carbocycles. The summed E-state index contributed by atoms with van der Waals surface area (Å²) in [6.07, 6.45) is 3.37. The fraction of sp³-hybridized carbons (Fsp3) is 0.476. The van der Waals surface area contributed by atoms with Crippen molar-refractivity contribution < 1.29 is 4.79 Å². The molecule has 2 fully saturated rings. The molecule has 2 N–H and O–H groups in total. The smallest absolute Gasteiger partial charge is 0.224 e. The van der Waals surface area contributed by atoms with Gasteiger partial charge in [0.15, 0.2) is 0 Å². The lowest BCUT2D eigenvalue weighted by Crippen LogP contribution is -2.45. The molecule has 1 aliphatic carbocycles. The maximum atomic E-state index is 12.7. The van der Waals surface area contributed by atoms with Crippen LogP contribution in [0, 0.1) is 17.2 Å². The van der Waals surface area contributed by atoms with Crippen molar-refractivity contribution in [2.75, 3.05) is 13.1 Å². The second-order valence-electron chi connectivity index (χ2n) is 8.10. The monoisotopic (exact) mass is 348 g/mol. The number of pyridine rings is 1. The molecule has 5 nitrogen and oxygen atoms in total. The molecule has 5 heteroatoms. The third kappa shape index (κ3) is 3.30. The topological polar surface area (TPSA) is 83.0 Å². The van der Waals surface area contributed by atoms with Crippen molar-refractivity contribution in [3.05, 3.63) is 41.6 Å². The molecule has 2 aromatic rings. The van der Waals surface area contributed by atoms with Gasteiger partial charge in [-0.2, -0.15) is 5.26 Å². The number of likely N-dealkylation sites (tertiary alicyclic amines) is 1. The van der Waals surface area contributed by atoms with E-state index in [1.54, 1.807) is 6.07 Å². The molecule has 2 aliphatic rings. The van der Waals surface area contributed by atoms with Gasteiger partial charge in [0.1, 0.15) is 6.07 Å². The number of para-hydroxylation sites is 1. The lowest BCUT2D eigenvalue weighted by molar-refractivity contribution is -0.133. The number of hydrogen-bond donors (Lipinski definition) is 1. The molecule has 2 heterocycles. The molecule has 0 radical (unpaired) electrons. The molecule has 26 heavy (non-hydrogen) atoms. The molecule has 1 aromatic heterocycles. The fourth-order valence-electron chi connectivity index (χ4n) is 4.00. The van der Waals surface area contributed by atoms with Crippen molar-refractivity contribution in [3.63, 3.8) is 0 Å². The van der Waals surface area contributed by atoms with E-state index in [1.807, 2.05) is 29.2 Å². The number of nitriles is 1. The van der Waals surface area contributed by atoms with Crippen LogP contribution in [-0.4, -0.2) is 34.4 Å². The van der Waals surface area contributed by atoms with Crippen LogP contribution in [0.4, 0.5) is 0 Å². The summed E-state index contributed by atoms with van der Waals surface area (Å²) in [4.78, 5) is 19.4. The zero-order valence-electron chi connectivity index (χ0n) is 15.1. The van der Waals surface area contributed by atoms with Gasteiger partial charge in [0.25, 0.3) is 0 Å². The van der Waals surface area contributed by atoms with Gasteiger partial charge >= 0.3 is 0 Å². The summed E-state index contributed by atoms with van der Waals surface area (Å²) in [5.74, 6) is 0.793. The van der Waals surface area contributed by atoms with Gasteiger partial charge in [-0.15, -0.1) is 0 Å². The second-order valence-corrected chi connectivity index (χ2v) is 8.10. The predicted octanol–water partition coefficient (Wildman–Crippen LogP) is 2.94. The molecule has 4 rings (SSSR count). The molecule has 0 spiro atoms. The Kier molecular flexibility index (Phi) is 4.16. The lowest BCUT2D eigenvalue weighted by Gasteiger charge is -2.37. The Hall–Kier alpha value is -2.45. The fourth-order valence-corrected chi connectivity index (χ4v) is 4.00. The van der Waals surface area contributed by atoms with Crippen molar-refractivity contribution in [2.45, 2.75) is 44.1 Å². The van der Waals surface area contributed by atoms with Gasteiger partial charge in [-0.25, -0.2) is 0 Å². The standard InChI is InChI=1S/C21H24N4O/c1-14-9-17(13-25(12-14)19(26)10-21(23)7-8-21)18-6-5-15-3-2-4-16(11-22)20(15)24-18/h2-6,14,17H,7-10,12-13,23H2,1H3/t14-,17+/m1/s1. The number of carbonyl (C=O) groups excluding carboxylic acids is 1. The average Bonchev–Trinajstić information content (AvgIpc) is 3.36. The minimum Gasteiger partial charge on any atom is -0.342 e. The van der Waals surface area contributed by atoms with Gasteiger partial charge in [-0.3, -0.25) is 9.78 Å². The largest absolute Gasteiger partial charge is 0.342 e. The van der Waals surface area contributed by atoms with Gasteiger partial charge in [-0.05, 0) is 37.3 Å². The van der Waals surface area contributed by atoms with Crippen molar-refractivity contribution in [3.8, 4) is 6.07 Å². The van der Waals surface area contributed by atoms with E-state index < -0.39 is 0 Å². The molecule has 0 unspecified atom stereocenters. The quantitative estimate of drug-likeness (QED) is 0.924. The summed E-state index contributed by atoms with van der Waals surface area (Å²) < 4.78 is 0. The van der Waals surface area contributed by atoms with Crippen LogP contribution in [-0.2, 0) is 4.79 Å². The van der Waals surface area contributed by atoms with Gasteiger partial charge in [-0.1, -0.05) is 25.1 Å². The number of nitrogens with two attached hydrogens (primary N) is 1. The molecule has 1 amide bonds. The molecule has 134 valence electrons. The number of piperidine rings is 1.